The lowest BCUT2D eigenvalue weighted by Gasteiger charge is -2.38. The number of methoxy groups -OCH3 is 1. The lowest BCUT2D eigenvalue weighted by molar-refractivity contribution is -0.144. The number of benzene rings is 1. The summed E-state index contributed by atoms with van der Waals surface area (Å²) in [7, 11) is 1.58. The molecule has 3 amide bonds. The molecule has 2 saturated heterocycles. The fourth-order valence-corrected chi connectivity index (χ4v) is 5.31. The molecule has 1 aromatic carbocycles. The van der Waals surface area contributed by atoms with Crippen LogP contribution in [0.5, 0.6) is 5.75 Å². The Kier molecular flexibility index (Phi) is 5.64. The van der Waals surface area contributed by atoms with E-state index in [1.807, 2.05) is 35.2 Å². The first-order valence-corrected chi connectivity index (χ1v) is 11.7. The quantitative estimate of drug-likeness (QED) is 0.634. The van der Waals surface area contributed by atoms with Gasteiger partial charge in [-0.15, -0.1) is 0 Å². The van der Waals surface area contributed by atoms with Crippen molar-refractivity contribution < 1.29 is 19.1 Å². The molecule has 0 N–H and O–H groups in total. The maximum absolute atomic E-state index is 13.8. The normalized spacial score (nSPS) is 25.4. The summed E-state index contributed by atoms with van der Waals surface area (Å²) in [6, 6.07) is 12.9. The summed E-state index contributed by atoms with van der Waals surface area (Å²) in [5.74, 6) is 0.160. The fourth-order valence-electron chi connectivity index (χ4n) is 5.31. The number of hydrogen-bond acceptors (Lipinski definition) is 5. The zero-order valence-electron chi connectivity index (χ0n) is 18.9. The number of hydrogen-bond donors (Lipinski definition) is 0. The first-order chi connectivity index (χ1) is 16.0. The van der Waals surface area contributed by atoms with Crippen LogP contribution in [0.25, 0.3) is 0 Å². The van der Waals surface area contributed by atoms with Gasteiger partial charge in [0.2, 0.25) is 17.7 Å². The summed E-state index contributed by atoms with van der Waals surface area (Å²) >= 11 is 0. The predicted molar refractivity (Wildman–Crippen MR) is 121 cm³/mol. The molecule has 0 bridgehead atoms. The molecule has 0 spiro atoms. The molecule has 1 saturated carbocycles. The Balaban J connectivity index is 1.48. The van der Waals surface area contributed by atoms with Gasteiger partial charge in [0.1, 0.15) is 5.75 Å². The molecule has 0 unspecified atom stereocenters. The highest BCUT2D eigenvalue weighted by Crippen LogP contribution is 2.45. The standard InChI is InChI=1S/C26H29N3O4/c1-33-20-12-8-18(9-13-20)26(17-24(31)29(25(26)32)19-10-11-19)16-23(30)28-15-5-3-7-22(28)21-6-2-4-14-27-21/h2,4,6,8-9,12-14,19,22H,3,5,7,10-11,15-17H2,1H3/t22-,26+/m1/s1. The number of carbonyl (C=O) groups is 3. The molecule has 5 rings (SSSR count). The van der Waals surface area contributed by atoms with Gasteiger partial charge in [0, 0.05) is 31.6 Å². The van der Waals surface area contributed by atoms with Crippen molar-refractivity contribution in [2.45, 2.75) is 62.4 Å². The Morgan fingerprint density at radius 1 is 1.09 bits per heavy atom. The van der Waals surface area contributed by atoms with Crippen LogP contribution in [0.3, 0.4) is 0 Å². The zero-order valence-corrected chi connectivity index (χ0v) is 18.9. The van der Waals surface area contributed by atoms with Crippen molar-refractivity contribution in [2.24, 2.45) is 0 Å². The second kappa shape index (κ2) is 8.61. The number of rotatable bonds is 6. The largest absolute Gasteiger partial charge is 0.497 e. The molecule has 2 atom stereocenters. The number of imide groups is 1. The molecule has 7 heteroatoms. The van der Waals surface area contributed by atoms with Crippen LogP contribution in [0.1, 0.15) is 62.2 Å². The summed E-state index contributed by atoms with van der Waals surface area (Å²) in [5, 5.41) is 0. The van der Waals surface area contributed by atoms with Gasteiger partial charge in [-0.05, 0) is 61.9 Å². The monoisotopic (exact) mass is 447 g/mol. The van der Waals surface area contributed by atoms with E-state index >= 15 is 0 Å². The molecule has 0 radical (unpaired) electrons. The average molecular weight is 448 g/mol. The third-order valence-corrected chi connectivity index (χ3v) is 7.21. The van der Waals surface area contributed by atoms with E-state index in [-0.39, 0.29) is 42.6 Å². The molecule has 1 aromatic heterocycles. The summed E-state index contributed by atoms with van der Waals surface area (Å²) in [6.07, 6.45) is 6.25. The topological polar surface area (TPSA) is 79.8 Å². The number of pyridine rings is 1. The summed E-state index contributed by atoms with van der Waals surface area (Å²) in [4.78, 5) is 48.3. The molecule has 172 valence electrons. The van der Waals surface area contributed by atoms with Gasteiger partial charge in [0.05, 0.1) is 24.3 Å². The third kappa shape index (κ3) is 3.90. The molecule has 7 nitrogen and oxygen atoms in total. The van der Waals surface area contributed by atoms with E-state index in [9.17, 15) is 14.4 Å². The van der Waals surface area contributed by atoms with E-state index in [4.69, 9.17) is 4.74 Å². The third-order valence-electron chi connectivity index (χ3n) is 7.21. The molecule has 3 heterocycles. The van der Waals surface area contributed by atoms with E-state index in [0.29, 0.717) is 17.9 Å². The highest BCUT2D eigenvalue weighted by Gasteiger charge is 2.57. The van der Waals surface area contributed by atoms with Crippen molar-refractivity contribution in [3.63, 3.8) is 0 Å². The van der Waals surface area contributed by atoms with Crippen LogP contribution < -0.4 is 4.74 Å². The van der Waals surface area contributed by atoms with Gasteiger partial charge in [0.25, 0.3) is 0 Å². The molecular weight excluding hydrogens is 418 g/mol. The van der Waals surface area contributed by atoms with E-state index in [1.54, 1.807) is 25.4 Å². The molecule has 3 aliphatic rings. The van der Waals surface area contributed by atoms with Crippen molar-refractivity contribution in [1.29, 1.82) is 0 Å². The smallest absolute Gasteiger partial charge is 0.241 e. The number of aromatic nitrogens is 1. The number of nitrogens with zero attached hydrogens (tertiary/aromatic N) is 3. The summed E-state index contributed by atoms with van der Waals surface area (Å²) < 4.78 is 5.28. The van der Waals surface area contributed by atoms with Crippen LogP contribution in [0.2, 0.25) is 0 Å². The Labute approximate surface area is 193 Å². The fraction of sp³-hybridized carbons (Fsp3) is 0.462. The minimum atomic E-state index is -1.17. The first-order valence-electron chi connectivity index (χ1n) is 11.7. The van der Waals surface area contributed by atoms with E-state index in [1.165, 1.54) is 4.90 Å². The number of likely N-dealkylation sites (tertiary alicyclic amines) is 2. The zero-order chi connectivity index (χ0) is 23.0. The lowest BCUT2D eigenvalue weighted by atomic mass is 9.75. The molecule has 3 fully saturated rings. The van der Waals surface area contributed by atoms with Gasteiger partial charge in [-0.25, -0.2) is 0 Å². The highest BCUT2D eigenvalue weighted by molar-refractivity contribution is 6.11. The number of piperidine rings is 1. The Hall–Kier alpha value is -3.22. The SMILES string of the molecule is COc1ccc([C@]2(CC(=O)N3CCCC[C@@H]3c3ccccn3)CC(=O)N(C3CC3)C2=O)cc1. The van der Waals surface area contributed by atoms with E-state index in [0.717, 1.165) is 37.8 Å². The van der Waals surface area contributed by atoms with Crippen LogP contribution >= 0.6 is 0 Å². The van der Waals surface area contributed by atoms with Crippen molar-refractivity contribution in [2.75, 3.05) is 13.7 Å². The van der Waals surface area contributed by atoms with Gasteiger partial charge in [-0.3, -0.25) is 24.3 Å². The van der Waals surface area contributed by atoms with Crippen LogP contribution in [0.4, 0.5) is 0 Å². The van der Waals surface area contributed by atoms with Gasteiger partial charge in [-0.1, -0.05) is 18.2 Å². The Bertz CT molecular complexity index is 1050. The number of amides is 3. The van der Waals surface area contributed by atoms with Gasteiger partial charge < -0.3 is 9.64 Å². The molecule has 1 aliphatic carbocycles. The predicted octanol–water partition coefficient (Wildman–Crippen LogP) is 3.39. The van der Waals surface area contributed by atoms with E-state index in [2.05, 4.69) is 4.98 Å². The number of ether oxygens (including phenoxy) is 1. The first kappa shape index (κ1) is 21.6. The minimum Gasteiger partial charge on any atom is -0.497 e. The Morgan fingerprint density at radius 2 is 1.88 bits per heavy atom. The molecule has 2 aliphatic heterocycles. The summed E-state index contributed by atoms with van der Waals surface area (Å²) in [5.41, 5.74) is 0.400. The Morgan fingerprint density at radius 3 is 2.55 bits per heavy atom. The number of carbonyl (C=O) groups excluding carboxylic acids is 3. The summed E-state index contributed by atoms with van der Waals surface area (Å²) in [6.45, 7) is 0.632. The van der Waals surface area contributed by atoms with Crippen molar-refractivity contribution in [1.82, 2.24) is 14.8 Å². The van der Waals surface area contributed by atoms with Crippen LogP contribution in [0.15, 0.2) is 48.7 Å². The average Bonchev–Trinajstić information content (AvgIpc) is 3.65. The van der Waals surface area contributed by atoms with Gasteiger partial charge in [-0.2, -0.15) is 0 Å². The van der Waals surface area contributed by atoms with Crippen LogP contribution in [0, 0.1) is 0 Å². The van der Waals surface area contributed by atoms with E-state index < -0.39 is 5.41 Å². The van der Waals surface area contributed by atoms with Crippen LogP contribution in [-0.4, -0.2) is 52.2 Å². The van der Waals surface area contributed by atoms with Crippen LogP contribution in [-0.2, 0) is 19.8 Å². The van der Waals surface area contributed by atoms with Crippen molar-refractivity contribution in [3.8, 4) is 5.75 Å². The van der Waals surface area contributed by atoms with Gasteiger partial charge >= 0.3 is 0 Å². The minimum absolute atomic E-state index is 0.0171. The van der Waals surface area contributed by atoms with Crippen molar-refractivity contribution in [3.05, 3.63) is 59.9 Å². The maximum Gasteiger partial charge on any atom is 0.241 e. The second-order valence-corrected chi connectivity index (χ2v) is 9.32. The lowest BCUT2D eigenvalue weighted by Crippen LogP contribution is -2.46. The molecular formula is C26H29N3O4. The van der Waals surface area contributed by atoms with Gasteiger partial charge in [0.15, 0.2) is 0 Å². The highest BCUT2D eigenvalue weighted by atomic mass is 16.5. The maximum atomic E-state index is 13.8. The molecule has 2 aromatic rings. The molecule has 33 heavy (non-hydrogen) atoms. The van der Waals surface area contributed by atoms with Crippen molar-refractivity contribution >= 4 is 17.7 Å². The second-order valence-electron chi connectivity index (χ2n) is 9.32.